The molecule has 3 aliphatic rings. The maximum absolute atomic E-state index is 13.2. The molecule has 3 aliphatic heterocycles. The molecule has 5 rings (SSSR count). The number of fused-ring (bicyclic) bond motifs is 1. The summed E-state index contributed by atoms with van der Waals surface area (Å²) in [6.45, 7) is 3.87. The fraction of sp³-hybridized carbons (Fsp3) is 0.478. The van der Waals surface area contributed by atoms with E-state index in [1.54, 1.807) is 11.1 Å². The predicted molar refractivity (Wildman–Crippen MR) is 118 cm³/mol. The van der Waals surface area contributed by atoms with Crippen molar-refractivity contribution in [1.82, 2.24) is 25.3 Å². The monoisotopic (exact) mass is 436 g/mol. The largest absolute Gasteiger partial charge is 0.366 e. The van der Waals surface area contributed by atoms with Crippen molar-refractivity contribution >= 4 is 23.5 Å². The van der Waals surface area contributed by atoms with Crippen LogP contribution in [0, 0.1) is 5.92 Å². The van der Waals surface area contributed by atoms with Gasteiger partial charge in [0, 0.05) is 37.7 Å². The summed E-state index contributed by atoms with van der Waals surface area (Å²) in [6.07, 6.45) is 4.72. The molecule has 9 heteroatoms. The van der Waals surface area contributed by atoms with Crippen LogP contribution in [-0.4, -0.2) is 51.5 Å². The van der Waals surface area contributed by atoms with Crippen LogP contribution in [0.4, 0.5) is 5.82 Å². The molecule has 0 aliphatic carbocycles. The third-order valence-corrected chi connectivity index (χ3v) is 6.71. The molecule has 3 N–H and O–H groups in total. The molecule has 0 bridgehead atoms. The fourth-order valence-electron chi connectivity index (χ4n) is 4.96. The topological polar surface area (TPSA) is 108 Å². The number of carbonyl (C=O) groups excluding carboxylic acids is 3. The van der Waals surface area contributed by atoms with E-state index in [1.807, 2.05) is 28.9 Å². The van der Waals surface area contributed by atoms with Gasteiger partial charge in [-0.3, -0.25) is 19.7 Å². The summed E-state index contributed by atoms with van der Waals surface area (Å²) < 4.78 is 2.01. The van der Waals surface area contributed by atoms with E-state index in [2.05, 4.69) is 21.0 Å². The van der Waals surface area contributed by atoms with Gasteiger partial charge in [0.05, 0.1) is 6.20 Å². The highest BCUT2D eigenvalue weighted by molar-refractivity contribution is 6.06. The molecule has 2 aromatic rings. The summed E-state index contributed by atoms with van der Waals surface area (Å²) in [5, 5.41) is 13.7. The number of imide groups is 1. The van der Waals surface area contributed by atoms with Gasteiger partial charge >= 0.3 is 0 Å². The van der Waals surface area contributed by atoms with Gasteiger partial charge in [0.15, 0.2) is 0 Å². The predicted octanol–water partition coefficient (Wildman–Crippen LogP) is 1.26. The van der Waals surface area contributed by atoms with Crippen molar-refractivity contribution in [3.8, 4) is 0 Å². The van der Waals surface area contributed by atoms with Gasteiger partial charge in [-0.15, -0.1) is 0 Å². The summed E-state index contributed by atoms with van der Waals surface area (Å²) in [5.74, 6) is 0.746. The number of aromatic nitrogens is 2. The van der Waals surface area contributed by atoms with Crippen molar-refractivity contribution in [3.05, 3.63) is 47.2 Å². The van der Waals surface area contributed by atoms with E-state index in [1.165, 1.54) is 0 Å². The number of nitrogens with zero attached hydrogens (tertiary/aromatic N) is 3. The minimum atomic E-state index is -0.597. The Morgan fingerprint density at radius 3 is 2.75 bits per heavy atom. The van der Waals surface area contributed by atoms with E-state index in [4.69, 9.17) is 0 Å². The Morgan fingerprint density at radius 2 is 1.94 bits per heavy atom. The summed E-state index contributed by atoms with van der Waals surface area (Å²) in [7, 11) is 0. The fourth-order valence-corrected chi connectivity index (χ4v) is 4.96. The average molecular weight is 437 g/mol. The van der Waals surface area contributed by atoms with Crippen molar-refractivity contribution in [3.63, 3.8) is 0 Å². The molecule has 4 heterocycles. The first-order valence-corrected chi connectivity index (χ1v) is 11.3. The minimum absolute atomic E-state index is 0.143. The van der Waals surface area contributed by atoms with Crippen LogP contribution < -0.4 is 16.0 Å². The van der Waals surface area contributed by atoms with Crippen LogP contribution in [-0.2, 0) is 29.2 Å². The lowest BCUT2D eigenvalue weighted by Gasteiger charge is -2.29. The number of hydrogen-bond donors (Lipinski definition) is 3. The zero-order valence-corrected chi connectivity index (χ0v) is 18.0. The number of rotatable bonds is 6. The number of amides is 3. The number of piperidine rings is 2. The summed E-state index contributed by atoms with van der Waals surface area (Å²) >= 11 is 0. The molecule has 168 valence electrons. The highest BCUT2D eigenvalue weighted by Gasteiger charge is 2.39. The van der Waals surface area contributed by atoms with Crippen LogP contribution in [0.15, 0.2) is 30.5 Å². The van der Waals surface area contributed by atoms with Crippen LogP contribution in [0.3, 0.4) is 0 Å². The first-order valence-electron chi connectivity index (χ1n) is 11.3. The molecule has 32 heavy (non-hydrogen) atoms. The van der Waals surface area contributed by atoms with E-state index in [-0.39, 0.29) is 24.1 Å². The molecule has 0 radical (unpaired) electrons. The normalized spacial score (nSPS) is 21.6. The number of carbonyl (C=O) groups is 3. The van der Waals surface area contributed by atoms with Crippen LogP contribution >= 0.6 is 0 Å². The quantitative estimate of drug-likeness (QED) is 0.589. The van der Waals surface area contributed by atoms with Crippen molar-refractivity contribution in [2.45, 2.75) is 51.4 Å². The van der Waals surface area contributed by atoms with Crippen LogP contribution in [0.25, 0.3) is 0 Å². The Labute approximate surface area is 186 Å². The third-order valence-electron chi connectivity index (χ3n) is 6.71. The number of benzene rings is 1. The molecule has 3 amide bonds. The maximum Gasteiger partial charge on any atom is 0.255 e. The molecule has 1 aromatic heterocycles. The molecule has 2 fully saturated rings. The highest BCUT2D eigenvalue weighted by Crippen LogP contribution is 2.30. The second-order valence-electron chi connectivity index (χ2n) is 8.80. The zero-order chi connectivity index (χ0) is 22.1. The summed E-state index contributed by atoms with van der Waals surface area (Å²) in [6, 6.07) is 7.19. The SMILES string of the molecule is O=C1CCC(N2Cc3cccc(CNc4ccnn4CC4CCNCC4)c3C2=O)C(=O)N1. The van der Waals surface area contributed by atoms with Crippen LogP contribution in [0.2, 0.25) is 0 Å². The first kappa shape index (κ1) is 20.7. The number of nitrogens with one attached hydrogen (secondary N) is 3. The van der Waals surface area contributed by atoms with Crippen molar-refractivity contribution in [2.75, 3.05) is 18.4 Å². The molecule has 1 atom stereocenters. The van der Waals surface area contributed by atoms with Gasteiger partial charge < -0.3 is 15.5 Å². The molecule has 1 aromatic carbocycles. The zero-order valence-electron chi connectivity index (χ0n) is 18.0. The van der Waals surface area contributed by atoms with Gasteiger partial charge in [-0.2, -0.15) is 5.10 Å². The van der Waals surface area contributed by atoms with E-state index >= 15 is 0 Å². The highest BCUT2D eigenvalue weighted by atomic mass is 16.2. The van der Waals surface area contributed by atoms with Crippen LogP contribution in [0.1, 0.15) is 47.2 Å². The van der Waals surface area contributed by atoms with E-state index in [0.29, 0.717) is 31.0 Å². The lowest BCUT2D eigenvalue weighted by atomic mass is 9.98. The van der Waals surface area contributed by atoms with Gasteiger partial charge in [0.1, 0.15) is 11.9 Å². The Balaban J connectivity index is 1.29. The van der Waals surface area contributed by atoms with E-state index in [0.717, 1.165) is 49.4 Å². The average Bonchev–Trinajstić information content (AvgIpc) is 3.37. The molecule has 2 saturated heterocycles. The second kappa shape index (κ2) is 8.74. The summed E-state index contributed by atoms with van der Waals surface area (Å²) in [5.41, 5.74) is 2.48. The third kappa shape index (κ3) is 4.00. The van der Waals surface area contributed by atoms with E-state index < -0.39 is 6.04 Å². The molecule has 0 spiro atoms. The van der Waals surface area contributed by atoms with Crippen molar-refractivity contribution in [2.24, 2.45) is 5.92 Å². The molecular weight excluding hydrogens is 408 g/mol. The van der Waals surface area contributed by atoms with Crippen LogP contribution in [0.5, 0.6) is 0 Å². The van der Waals surface area contributed by atoms with E-state index in [9.17, 15) is 14.4 Å². The second-order valence-corrected chi connectivity index (χ2v) is 8.80. The number of hydrogen-bond acceptors (Lipinski definition) is 6. The lowest BCUT2D eigenvalue weighted by molar-refractivity contribution is -0.136. The van der Waals surface area contributed by atoms with Gasteiger partial charge in [-0.25, -0.2) is 4.68 Å². The number of anilines is 1. The Hall–Kier alpha value is -3.20. The van der Waals surface area contributed by atoms with Gasteiger partial charge in [0.2, 0.25) is 11.8 Å². The Kier molecular flexibility index (Phi) is 5.65. The molecular formula is C23H28N6O3. The maximum atomic E-state index is 13.2. The van der Waals surface area contributed by atoms with Crippen molar-refractivity contribution in [1.29, 1.82) is 0 Å². The molecule has 1 unspecified atom stereocenters. The molecule has 9 nitrogen and oxygen atoms in total. The van der Waals surface area contributed by atoms with Gasteiger partial charge in [0.25, 0.3) is 5.91 Å². The molecule has 0 saturated carbocycles. The smallest absolute Gasteiger partial charge is 0.255 e. The Morgan fingerprint density at radius 1 is 1.09 bits per heavy atom. The Bertz CT molecular complexity index is 1040. The lowest BCUT2D eigenvalue weighted by Crippen LogP contribution is -2.52. The minimum Gasteiger partial charge on any atom is -0.366 e. The summed E-state index contributed by atoms with van der Waals surface area (Å²) in [4.78, 5) is 38.6. The first-order chi connectivity index (χ1) is 15.6. The standard InChI is InChI=1S/C23H28N6O3/c30-20-5-4-18(22(31)27-20)28-14-17-3-1-2-16(21(17)23(28)32)12-25-19-8-11-26-29(19)13-15-6-9-24-10-7-15/h1-3,8,11,15,18,24-25H,4-7,9-10,12-14H2,(H,27,30,31). The van der Waals surface area contributed by atoms with Gasteiger partial charge in [-0.05, 0) is 49.4 Å². The van der Waals surface area contributed by atoms with Gasteiger partial charge in [-0.1, -0.05) is 18.2 Å². The van der Waals surface area contributed by atoms with Crippen molar-refractivity contribution < 1.29 is 14.4 Å².